The molecule has 0 spiro atoms. The number of carbonyl (C=O) groups is 1. The van der Waals surface area contributed by atoms with Gasteiger partial charge in [0.05, 0.1) is 19.1 Å². The summed E-state index contributed by atoms with van der Waals surface area (Å²) in [6, 6.07) is 9.87. The molecule has 0 saturated heterocycles. The number of ether oxygens (including phenoxy) is 4. The van der Waals surface area contributed by atoms with Crippen molar-refractivity contribution in [2.24, 2.45) is 5.92 Å². The van der Waals surface area contributed by atoms with Gasteiger partial charge in [0, 0.05) is 28.4 Å². The molecule has 1 saturated carbocycles. The van der Waals surface area contributed by atoms with Crippen LogP contribution in [0.2, 0.25) is 0 Å². The molecular formula is C24H24BrNO7. The van der Waals surface area contributed by atoms with Crippen LogP contribution in [0.15, 0.2) is 53.0 Å². The maximum atomic E-state index is 13.0. The second kappa shape index (κ2) is 8.37. The minimum absolute atomic E-state index is 0.0887. The fourth-order valence-electron chi connectivity index (χ4n) is 5.01. The normalized spacial score (nSPS) is 25.3. The van der Waals surface area contributed by atoms with Gasteiger partial charge < -0.3 is 18.9 Å². The predicted molar refractivity (Wildman–Crippen MR) is 124 cm³/mol. The number of rotatable bonds is 6. The van der Waals surface area contributed by atoms with Crippen molar-refractivity contribution in [1.29, 1.82) is 0 Å². The Labute approximate surface area is 199 Å². The molecule has 0 radical (unpaired) electrons. The summed E-state index contributed by atoms with van der Waals surface area (Å²) >= 11 is 3.29. The quantitative estimate of drug-likeness (QED) is 0.221. The Bertz CT molecular complexity index is 1150. The van der Waals surface area contributed by atoms with Crippen molar-refractivity contribution in [2.75, 3.05) is 14.2 Å². The van der Waals surface area contributed by atoms with E-state index in [4.69, 9.17) is 18.9 Å². The number of esters is 1. The summed E-state index contributed by atoms with van der Waals surface area (Å²) in [7, 11) is 2.87. The van der Waals surface area contributed by atoms with E-state index in [0.29, 0.717) is 34.4 Å². The molecular weight excluding hydrogens is 494 g/mol. The summed E-state index contributed by atoms with van der Waals surface area (Å²) in [5.74, 6) is 0.349. The zero-order chi connectivity index (χ0) is 24.0. The lowest BCUT2D eigenvalue weighted by Gasteiger charge is -2.54. The SMILES string of the molecule is C=C(C)[C@H]1CC[C@@]2(C(=O)OC)C[C@]1(Oc1ccc(Br)cc1[N+](=O)[O-])c1cc(OC)ccc1O2. The Morgan fingerprint density at radius 2 is 2.03 bits per heavy atom. The van der Waals surface area contributed by atoms with Crippen LogP contribution in [0.4, 0.5) is 5.69 Å². The minimum atomic E-state index is -1.29. The molecule has 0 N–H and O–H groups in total. The van der Waals surface area contributed by atoms with E-state index in [1.54, 1.807) is 37.4 Å². The fourth-order valence-corrected chi connectivity index (χ4v) is 5.36. The number of halogens is 1. The van der Waals surface area contributed by atoms with Crippen molar-refractivity contribution < 1.29 is 28.7 Å². The second-order valence-electron chi connectivity index (χ2n) is 8.43. The van der Waals surface area contributed by atoms with Gasteiger partial charge in [0.15, 0.2) is 5.75 Å². The summed E-state index contributed by atoms with van der Waals surface area (Å²) in [5, 5.41) is 11.8. The van der Waals surface area contributed by atoms with Gasteiger partial charge in [-0.2, -0.15) is 0 Å². The van der Waals surface area contributed by atoms with E-state index in [0.717, 1.165) is 5.57 Å². The Morgan fingerprint density at radius 3 is 2.67 bits per heavy atom. The number of nitro groups is 1. The van der Waals surface area contributed by atoms with Crippen LogP contribution in [0.1, 0.15) is 31.7 Å². The second-order valence-corrected chi connectivity index (χ2v) is 9.34. The number of fused-ring (bicyclic) bond motifs is 4. The lowest BCUT2D eigenvalue weighted by atomic mass is 9.61. The van der Waals surface area contributed by atoms with E-state index < -0.39 is 22.1 Å². The summed E-state index contributed by atoms with van der Waals surface area (Å²) in [4.78, 5) is 24.3. The number of nitrogens with zero attached hydrogens (tertiary/aromatic N) is 1. The van der Waals surface area contributed by atoms with Gasteiger partial charge in [0.2, 0.25) is 5.60 Å². The molecule has 4 rings (SSSR count). The molecule has 0 amide bonds. The average molecular weight is 518 g/mol. The monoisotopic (exact) mass is 517 g/mol. The van der Waals surface area contributed by atoms with Crippen molar-refractivity contribution in [1.82, 2.24) is 0 Å². The fraction of sp³-hybridized carbons (Fsp3) is 0.375. The molecule has 0 aromatic heterocycles. The Kier molecular flexibility index (Phi) is 5.86. The lowest BCUT2D eigenvalue weighted by molar-refractivity contribution is -0.386. The zero-order valence-electron chi connectivity index (χ0n) is 18.6. The van der Waals surface area contributed by atoms with Crippen LogP contribution in [0.25, 0.3) is 0 Å². The molecule has 1 aliphatic carbocycles. The first-order chi connectivity index (χ1) is 15.7. The first-order valence-corrected chi connectivity index (χ1v) is 11.2. The molecule has 1 heterocycles. The Balaban J connectivity index is 1.99. The molecule has 33 heavy (non-hydrogen) atoms. The van der Waals surface area contributed by atoms with Crippen LogP contribution in [0.3, 0.4) is 0 Å². The highest BCUT2D eigenvalue weighted by Gasteiger charge is 2.63. The van der Waals surface area contributed by atoms with Crippen molar-refractivity contribution in [3.8, 4) is 17.2 Å². The molecule has 2 aromatic carbocycles. The van der Waals surface area contributed by atoms with Crippen LogP contribution < -0.4 is 14.2 Å². The summed E-state index contributed by atoms with van der Waals surface area (Å²) < 4.78 is 24.0. The topological polar surface area (TPSA) is 97.1 Å². The molecule has 8 nitrogen and oxygen atoms in total. The maximum Gasteiger partial charge on any atom is 0.350 e. The third-order valence-corrected chi connectivity index (χ3v) is 6.95. The first kappa shape index (κ1) is 23.1. The van der Waals surface area contributed by atoms with Gasteiger partial charge in [-0.15, -0.1) is 0 Å². The van der Waals surface area contributed by atoms with E-state index in [-0.39, 0.29) is 23.8 Å². The molecule has 9 heteroatoms. The summed E-state index contributed by atoms with van der Waals surface area (Å²) in [6.07, 6.45) is 1.03. The van der Waals surface area contributed by atoms with Gasteiger partial charge in [0.25, 0.3) is 0 Å². The van der Waals surface area contributed by atoms with Gasteiger partial charge >= 0.3 is 11.7 Å². The maximum absolute atomic E-state index is 13.0. The number of carbonyl (C=O) groups excluding carboxylic acids is 1. The van der Waals surface area contributed by atoms with Crippen LogP contribution in [0.5, 0.6) is 17.2 Å². The largest absolute Gasteiger partial charge is 0.497 e. The van der Waals surface area contributed by atoms with Gasteiger partial charge in [0.1, 0.15) is 17.1 Å². The highest BCUT2D eigenvalue weighted by Crippen LogP contribution is 2.59. The first-order valence-electron chi connectivity index (χ1n) is 10.4. The highest BCUT2D eigenvalue weighted by molar-refractivity contribution is 9.10. The molecule has 1 fully saturated rings. The number of hydrogen-bond donors (Lipinski definition) is 0. The van der Waals surface area contributed by atoms with E-state index in [2.05, 4.69) is 22.5 Å². The number of nitro benzene ring substituents is 1. The molecule has 2 bridgehead atoms. The molecule has 174 valence electrons. The molecule has 2 aliphatic rings. The predicted octanol–water partition coefficient (Wildman–Crippen LogP) is 5.32. The summed E-state index contributed by atoms with van der Waals surface area (Å²) in [5.41, 5.74) is -1.16. The lowest BCUT2D eigenvalue weighted by Crippen LogP contribution is -2.61. The number of methoxy groups -OCH3 is 2. The third-order valence-electron chi connectivity index (χ3n) is 6.46. The summed E-state index contributed by atoms with van der Waals surface area (Å²) in [6.45, 7) is 6.07. The molecule has 3 atom stereocenters. The van der Waals surface area contributed by atoms with Gasteiger partial charge in [-0.1, -0.05) is 28.1 Å². The number of benzene rings is 2. The van der Waals surface area contributed by atoms with E-state index in [9.17, 15) is 14.9 Å². The van der Waals surface area contributed by atoms with Crippen molar-refractivity contribution in [2.45, 2.75) is 37.4 Å². The van der Waals surface area contributed by atoms with Gasteiger partial charge in [-0.3, -0.25) is 10.1 Å². The van der Waals surface area contributed by atoms with Crippen LogP contribution in [-0.2, 0) is 15.1 Å². The van der Waals surface area contributed by atoms with Crippen molar-refractivity contribution in [3.63, 3.8) is 0 Å². The van der Waals surface area contributed by atoms with Gasteiger partial charge in [-0.25, -0.2) is 4.79 Å². The smallest absolute Gasteiger partial charge is 0.350 e. The zero-order valence-corrected chi connectivity index (χ0v) is 20.1. The average Bonchev–Trinajstić information content (AvgIpc) is 2.79. The van der Waals surface area contributed by atoms with Crippen molar-refractivity contribution in [3.05, 3.63) is 68.7 Å². The van der Waals surface area contributed by atoms with Crippen LogP contribution in [-0.4, -0.2) is 30.7 Å². The minimum Gasteiger partial charge on any atom is -0.497 e. The van der Waals surface area contributed by atoms with E-state index in [1.807, 2.05) is 6.92 Å². The number of hydrogen-bond acceptors (Lipinski definition) is 7. The third kappa shape index (κ3) is 3.74. The Morgan fingerprint density at radius 1 is 1.27 bits per heavy atom. The molecule has 2 aromatic rings. The Hall–Kier alpha value is -3.07. The standard InChI is InChI=1S/C24H24BrNO7/c1-14(2)17-9-10-23(22(27)31-4)13-24(17,18-12-16(30-3)6-8-20(18)32-23)33-21-7-5-15(25)11-19(21)26(28)29/h5-8,11-12,17H,1,9-10,13H2,2-4H3/t17-,23+,24-/m1/s1. The van der Waals surface area contributed by atoms with Gasteiger partial charge in [-0.05, 0) is 50.1 Å². The van der Waals surface area contributed by atoms with Crippen LogP contribution in [0, 0.1) is 16.0 Å². The van der Waals surface area contributed by atoms with E-state index >= 15 is 0 Å². The van der Waals surface area contributed by atoms with Crippen LogP contribution >= 0.6 is 15.9 Å². The molecule has 1 aliphatic heterocycles. The molecule has 0 unspecified atom stereocenters. The van der Waals surface area contributed by atoms with E-state index in [1.165, 1.54) is 13.2 Å². The van der Waals surface area contributed by atoms with Crippen molar-refractivity contribution >= 4 is 27.6 Å². The highest BCUT2D eigenvalue weighted by atomic mass is 79.9.